The molecule has 4 aromatic rings. The SMILES string of the molecule is CNc1cc(Nc2cccn(-c3ccccn3)c2=O)nc2c(C(=O)NC3C[C@@H]3OC)onc12. The molecule has 1 aliphatic carbocycles. The van der Waals surface area contributed by atoms with Crippen LogP contribution in [0.25, 0.3) is 16.9 Å². The summed E-state index contributed by atoms with van der Waals surface area (Å²) in [5.74, 6) is 0.413. The van der Waals surface area contributed by atoms with Gasteiger partial charge in [0.25, 0.3) is 11.5 Å². The molecule has 0 radical (unpaired) electrons. The summed E-state index contributed by atoms with van der Waals surface area (Å²) in [7, 11) is 3.32. The standard InChI is InChI=1S/C22H21N7O4/c1-23-14-11-16(25-12-6-5-9-29(22(12)31)17-7-3-4-8-24-17)27-19-18(14)28-33-20(19)21(30)26-13-10-15(13)32-2/h3-9,11,13,15,23H,10H2,1-2H3,(H,25,27)(H,26,30)/t13?,15-/m0/s1. The first kappa shape index (κ1) is 20.6. The van der Waals surface area contributed by atoms with Crippen LogP contribution in [0.5, 0.6) is 0 Å². The molecule has 0 aromatic carbocycles. The Bertz CT molecular complexity index is 1380. The van der Waals surface area contributed by atoms with E-state index in [0.29, 0.717) is 28.5 Å². The van der Waals surface area contributed by atoms with Gasteiger partial charge in [0, 0.05) is 32.6 Å². The first-order chi connectivity index (χ1) is 16.1. The van der Waals surface area contributed by atoms with Gasteiger partial charge >= 0.3 is 0 Å². The summed E-state index contributed by atoms with van der Waals surface area (Å²) in [6, 6.07) is 10.3. The van der Waals surface area contributed by atoms with Crippen LogP contribution in [-0.2, 0) is 4.74 Å². The van der Waals surface area contributed by atoms with Gasteiger partial charge in [-0.2, -0.15) is 0 Å². The minimum Gasteiger partial charge on any atom is -0.386 e. The summed E-state index contributed by atoms with van der Waals surface area (Å²) in [5.41, 5.74) is 1.27. The van der Waals surface area contributed by atoms with Crippen molar-refractivity contribution in [2.75, 3.05) is 24.8 Å². The molecule has 1 aliphatic rings. The van der Waals surface area contributed by atoms with Crippen molar-refractivity contribution in [1.29, 1.82) is 0 Å². The number of carbonyl (C=O) groups excluding carboxylic acids is 1. The van der Waals surface area contributed by atoms with Gasteiger partial charge in [0.2, 0.25) is 5.76 Å². The number of ether oxygens (including phenoxy) is 1. The molecular formula is C22H21N7O4. The Labute approximate surface area is 187 Å². The Balaban J connectivity index is 1.49. The number of nitrogens with one attached hydrogen (secondary N) is 3. The monoisotopic (exact) mass is 447 g/mol. The molecule has 4 aromatic heterocycles. The predicted molar refractivity (Wildman–Crippen MR) is 121 cm³/mol. The summed E-state index contributed by atoms with van der Waals surface area (Å²) in [6.07, 6.45) is 4.00. The van der Waals surface area contributed by atoms with Gasteiger partial charge < -0.3 is 25.2 Å². The van der Waals surface area contributed by atoms with E-state index in [9.17, 15) is 9.59 Å². The Morgan fingerprint density at radius 3 is 2.82 bits per heavy atom. The van der Waals surface area contributed by atoms with Gasteiger partial charge in [0.05, 0.1) is 17.8 Å². The lowest BCUT2D eigenvalue weighted by molar-refractivity contribution is 0.0900. The van der Waals surface area contributed by atoms with Crippen LogP contribution in [0.1, 0.15) is 17.0 Å². The first-order valence-corrected chi connectivity index (χ1v) is 10.3. The molecule has 11 heteroatoms. The van der Waals surface area contributed by atoms with Crippen molar-refractivity contribution in [3.8, 4) is 5.82 Å². The van der Waals surface area contributed by atoms with Crippen LogP contribution in [0.2, 0.25) is 0 Å². The number of pyridine rings is 3. The molecule has 3 N–H and O–H groups in total. The normalized spacial score (nSPS) is 17.0. The van der Waals surface area contributed by atoms with E-state index < -0.39 is 5.91 Å². The molecule has 4 heterocycles. The van der Waals surface area contributed by atoms with Crippen molar-refractivity contribution >= 4 is 34.1 Å². The number of carbonyl (C=O) groups is 1. The number of aromatic nitrogens is 4. The van der Waals surface area contributed by atoms with E-state index in [1.807, 2.05) is 0 Å². The molecule has 33 heavy (non-hydrogen) atoms. The molecule has 1 saturated carbocycles. The topological polar surface area (TPSA) is 136 Å². The second kappa shape index (κ2) is 8.36. The number of methoxy groups -OCH3 is 1. The average molecular weight is 447 g/mol. The lowest BCUT2D eigenvalue weighted by atomic mass is 10.2. The number of fused-ring (bicyclic) bond motifs is 1. The number of hydrogen-bond acceptors (Lipinski definition) is 9. The molecule has 11 nitrogen and oxygen atoms in total. The predicted octanol–water partition coefficient (Wildman–Crippen LogP) is 2.07. The van der Waals surface area contributed by atoms with E-state index >= 15 is 0 Å². The van der Waals surface area contributed by atoms with Crippen molar-refractivity contribution in [1.82, 2.24) is 25.0 Å². The molecule has 5 rings (SSSR count). The van der Waals surface area contributed by atoms with Crippen molar-refractivity contribution in [3.63, 3.8) is 0 Å². The van der Waals surface area contributed by atoms with Gasteiger partial charge in [-0.15, -0.1) is 0 Å². The fourth-order valence-corrected chi connectivity index (χ4v) is 3.55. The van der Waals surface area contributed by atoms with Gasteiger partial charge in [-0.3, -0.25) is 14.2 Å². The molecule has 1 amide bonds. The van der Waals surface area contributed by atoms with E-state index in [1.54, 1.807) is 62.9 Å². The van der Waals surface area contributed by atoms with E-state index in [0.717, 1.165) is 6.42 Å². The smallest absolute Gasteiger partial charge is 0.292 e. The van der Waals surface area contributed by atoms with Crippen LogP contribution < -0.4 is 21.5 Å². The third-order valence-electron chi connectivity index (χ3n) is 5.37. The van der Waals surface area contributed by atoms with E-state index in [4.69, 9.17) is 9.26 Å². The van der Waals surface area contributed by atoms with Crippen LogP contribution in [-0.4, -0.2) is 51.9 Å². The number of amides is 1. The van der Waals surface area contributed by atoms with Crippen LogP contribution in [0.3, 0.4) is 0 Å². The van der Waals surface area contributed by atoms with Crippen molar-refractivity contribution in [2.24, 2.45) is 0 Å². The number of rotatable bonds is 7. The van der Waals surface area contributed by atoms with E-state index in [1.165, 1.54) is 4.57 Å². The highest BCUT2D eigenvalue weighted by molar-refractivity contribution is 6.05. The molecule has 0 bridgehead atoms. The largest absolute Gasteiger partial charge is 0.386 e. The second-order valence-corrected chi connectivity index (χ2v) is 7.51. The highest BCUT2D eigenvalue weighted by Gasteiger charge is 2.39. The third-order valence-corrected chi connectivity index (χ3v) is 5.37. The van der Waals surface area contributed by atoms with Crippen LogP contribution >= 0.6 is 0 Å². The van der Waals surface area contributed by atoms with Crippen molar-refractivity contribution < 1.29 is 14.1 Å². The van der Waals surface area contributed by atoms with E-state index in [-0.39, 0.29) is 29.0 Å². The molecule has 1 fully saturated rings. The molecule has 0 aliphatic heterocycles. The zero-order valence-corrected chi connectivity index (χ0v) is 17.9. The highest BCUT2D eigenvalue weighted by Crippen LogP contribution is 2.29. The van der Waals surface area contributed by atoms with Crippen molar-refractivity contribution in [2.45, 2.75) is 18.6 Å². The molecule has 168 valence electrons. The highest BCUT2D eigenvalue weighted by atomic mass is 16.5. The summed E-state index contributed by atoms with van der Waals surface area (Å²) in [5, 5.41) is 12.9. The summed E-state index contributed by atoms with van der Waals surface area (Å²) in [6.45, 7) is 0. The molecule has 1 unspecified atom stereocenters. The molecule has 2 atom stereocenters. The first-order valence-electron chi connectivity index (χ1n) is 10.3. The van der Waals surface area contributed by atoms with Gasteiger partial charge in [-0.25, -0.2) is 9.97 Å². The number of nitrogens with zero attached hydrogens (tertiary/aromatic N) is 4. The van der Waals surface area contributed by atoms with Crippen LogP contribution in [0.15, 0.2) is 58.1 Å². The molecule has 0 spiro atoms. The maximum Gasteiger partial charge on any atom is 0.292 e. The third kappa shape index (κ3) is 3.89. The zero-order chi connectivity index (χ0) is 22.9. The summed E-state index contributed by atoms with van der Waals surface area (Å²) >= 11 is 0. The summed E-state index contributed by atoms with van der Waals surface area (Å²) < 4.78 is 12.0. The van der Waals surface area contributed by atoms with Gasteiger partial charge in [-0.05, 0) is 30.7 Å². The molecular weight excluding hydrogens is 426 g/mol. The maximum atomic E-state index is 13.0. The Morgan fingerprint density at radius 1 is 1.21 bits per heavy atom. The number of hydrogen-bond donors (Lipinski definition) is 3. The molecule has 0 saturated heterocycles. The summed E-state index contributed by atoms with van der Waals surface area (Å²) in [4.78, 5) is 34.5. The van der Waals surface area contributed by atoms with Crippen LogP contribution in [0.4, 0.5) is 17.2 Å². The minimum absolute atomic E-state index is 0.000507. The quantitative estimate of drug-likeness (QED) is 0.389. The van der Waals surface area contributed by atoms with Gasteiger partial charge in [0.1, 0.15) is 22.8 Å². The fraction of sp³-hybridized carbons (Fsp3) is 0.227. The lowest BCUT2D eigenvalue weighted by Crippen LogP contribution is -2.28. The van der Waals surface area contributed by atoms with Gasteiger partial charge in [-0.1, -0.05) is 11.2 Å². The Kier molecular flexibility index (Phi) is 5.23. The van der Waals surface area contributed by atoms with Gasteiger partial charge in [0.15, 0.2) is 5.52 Å². The van der Waals surface area contributed by atoms with Crippen molar-refractivity contribution in [3.05, 3.63) is 64.9 Å². The van der Waals surface area contributed by atoms with E-state index in [2.05, 4.69) is 31.1 Å². The second-order valence-electron chi connectivity index (χ2n) is 7.51. The minimum atomic E-state index is -0.425. The fourth-order valence-electron chi connectivity index (χ4n) is 3.55. The maximum absolute atomic E-state index is 13.0. The Hall–Kier alpha value is -4.25. The van der Waals surface area contributed by atoms with Crippen LogP contribution in [0, 0.1) is 0 Å². The zero-order valence-electron chi connectivity index (χ0n) is 17.9. The lowest BCUT2D eigenvalue weighted by Gasteiger charge is -2.10. The number of anilines is 3. The average Bonchev–Trinajstić information content (AvgIpc) is 3.45. The Morgan fingerprint density at radius 2 is 2.09 bits per heavy atom.